The van der Waals surface area contributed by atoms with E-state index in [4.69, 9.17) is 4.42 Å². The monoisotopic (exact) mass is 272 g/mol. The van der Waals surface area contributed by atoms with Gasteiger partial charge in [-0.1, -0.05) is 0 Å². The predicted octanol–water partition coefficient (Wildman–Crippen LogP) is 2.35. The highest BCUT2D eigenvalue weighted by molar-refractivity contribution is 6.04. The number of benzene rings is 1. The lowest BCUT2D eigenvalue weighted by molar-refractivity contribution is 0.462. The van der Waals surface area contributed by atoms with Gasteiger partial charge in [-0.25, -0.2) is 4.98 Å². The van der Waals surface area contributed by atoms with Crippen molar-refractivity contribution in [3.63, 3.8) is 0 Å². The average Bonchev–Trinajstić information content (AvgIpc) is 3.16. The van der Waals surface area contributed by atoms with Gasteiger partial charge in [0.2, 0.25) is 0 Å². The molecule has 0 unspecified atom stereocenters. The lowest BCUT2D eigenvalue weighted by Gasteiger charge is -2.22. The number of aromatic amines is 1. The highest BCUT2D eigenvalue weighted by atomic mass is 16.3. The standard InChI is InChI=1S/C14H15N3O.CH5N/c1-2-12-14(17-8-18-12)13-10(7-16-11(1)13)9-3-5-15-6-4-9;1-2/h1-2,7-9,15-16H,3-6H2;2H2,1H3. The van der Waals surface area contributed by atoms with Crippen molar-refractivity contribution < 1.29 is 4.42 Å². The van der Waals surface area contributed by atoms with E-state index in [9.17, 15) is 0 Å². The second kappa shape index (κ2) is 5.64. The predicted molar refractivity (Wildman–Crippen MR) is 80.8 cm³/mol. The maximum atomic E-state index is 5.40. The number of rotatable bonds is 1. The summed E-state index contributed by atoms with van der Waals surface area (Å²) in [4.78, 5) is 7.74. The number of aromatic nitrogens is 2. The van der Waals surface area contributed by atoms with Gasteiger partial charge in [0.15, 0.2) is 12.0 Å². The van der Waals surface area contributed by atoms with Crippen LogP contribution in [0.3, 0.4) is 0 Å². The maximum absolute atomic E-state index is 5.40. The lowest BCUT2D eigenvalue weighted by atomic mass is 9.90. The molecule has 1 saturated heterocycles. The van der Waals surface area contributed by atoms with Gasteiger partial charge in [-0.2, -0.15) is 0 Å². The van der Waals surface area contributed by atoms with Crippen LogP contribution in [0, 0.1) is 0 Å². The molecular weight excluding hydrogens is 252 g/mol. The van der Waals surface area contributed by atoms with Gasteiger partial charge in [-0.15, -0.1) is 0 Å². The third-order valence-corrected chi connectivity index (χ3v) is 3.95. The van der Waals surface area contributed by atoms with Crippen molar-refractivity contribution >= 4 is 22.0 Å². The fourth-order valence-electron chi connectivity index (χ4n) is 3.03. The van der Waals surface area contributed by atoms with E-state index in [-0.39, 0.29) is 0 Å². The van der Waals surface area contributed by atoms with E-state index in [1.807, 2.05) is 6.07 Å². The summed E-state index contributed by atoms with van der Waals surface area (Å²) in [6.45, 7) is 2.21. The van der Waals surface area contributed by atoms with Crippen LogP contribution in [0.5, 0.6) is 0 Å². The molecule has 0 radical (unpaired) electrons. The zero-order valence-corrected chi connectivity index (χ0v) is 11.6. The van der Waals surface area contributed by atoms with E-state index in [1.165, 1.54) is 37.2 Å². The Balaban J connectivity index is 0.000000581. The van der Waals surface area contributed by atoms with E-state index in [0.717, 1.165) is 29.7 Å². The van der Waals surface area contributed by atoms with Crippen LogP contribution in [0.15, 0.2) is 29.1 Å². The van der Waals surface area contributed by atoms with Crippen molar-refractivity contribution in [2.75, 3.05) is 20.1 Å². The summed E-state index contributed by atoms with van der Waals surface area (Å²) in [5.41, 5.74) is 8.91. The van der Waals surface area contributed by atoms with Gasteiger partial charge in [0, 0.05) is 17.1 Å². The zero-order chi connectivity index (χ0) is 13.9. The molecule has 5 heteroatoms. The smallest absolute Gasteiger partial charge is 0.182 e. The molecule has 20 heavy (non-hydrogen) atoms. The van der Waals surface area contributed by atoms with Crippen LogP contribution in [-0.4, -0.2) is 30.1 Å². The van der Waals surface area contributed by atoms with Gasteiger partial charge >= 0.3 is 0 Å². The SMILES string of the molecule is CN.c1nc2c(ccc3[nH]cc(C4CCNCC4)c32)o1. The van der Waals surface area contributed by atoms with Crippen molar-refractivity contribution in [2.45, 2.75) is 18.8 Å². The van der Waals surface area contributed by atoms with Crippen LogP contribution in [0.25, 0.3) is 22.0 Å². The summed E-state index contributed by atoms with van der Waals surface area (Å²) < 4.78 is 5.40. The fourth-order valence-corrected chi connectivity index (χ4v) is 3.03. The Kier molecular flexibility index (Phi) is 3.71. The summed E-state index contributed by atoms with van der Waals surface area (Å²) in [6, 6.07) is 4.06. The average molecular weight is 272 g/mol. The van der Waals surface area contributed by atoms with E-state index in [1.54, 1.807) is 0 Å². The minimum Gasteiger partial charge on any atom is -0.443 e. The highest BCUT2D eigenvalue weighted by Gasteiger charge is 2.20. The number of nitrogens with zero attached hydrogens (tertiary/aromatic N) is 1. The quantitative estimate of drug-likeness (QED) is 0.635. The van der Waals surface area contributed by atoms with Crippen molar-refractivity contribution in [1.82, 2.24) is 15.3 Å². The first-order valence-corrected chi connectivity index (χ1v) is 7.05. The summed E-state index contributed by atoms with van der Waals surface area (Å²) in [5.74, 6) is 0.627. The zero-order valence-electron chi connectivity index (χ0n) is 11.6. The van der Waals surface area contributed by atoms with Crippen molar-refractivity contribution in [1.29, 1.82) is 0 Å². The molecular formula is C15H20N4O. The molecule has 5 nitrogen and oxygen atoms in total. The summed E-state index contributed by atoms with van der Waals surface area (Å²) in [5, 5.41) is 4.66. The van der Waals surface area contributed by atoms with E-state index >= 15 is 0 Å². The summed E-state index contributed by atoms with van der Waals surface area (Å²) in [7, 11) is 1.50. The molecule has 1 fully saturated rings. The van der Waals surface area contributed by atoms with Crippen LogP contribution in [0.1, 0.15) is 24.3 Å². The van der Waals surface area contributed by atoms with E-state index in [2.05, 4.69) is 33.3 Å². The second-order valence-electron chi connectivity index (χ2n) is 4.96. The first kappa shape index (κ1) is 13.1. The Bertz CT molecular complexity index is 694. The molecule has 106 valence electrons. The van der Waals surface area contributed by atoms with Gasteiger partial charge in [-0.3, -0.25) is 0 Å². The molecule has 0 atom stereocenters. The minimum absolute atomic E-state index is 0.627. The summed E-state index contributed by atoms with van der Waals surface area (Å²) >= 11 is 0. The molecule has 3 heterocycles. The highest BCUT2D eigenvalue weighted by Crippen LogP contribution is 2.35. The Morgan fingerprint density at radius 1 is 1.25 bits per heavy atom. The molecule has 1 aliphatic rings. The Hall–Kier alpha value is -1.85. The number of hydrogen-bond donors (Lipinski definition) is 3. The first-order valence-electron chi connectivity index (χ1n) is 7.05. The molecule has 1 aromatic carbocycles. The number of nitrogens with two attached hydrogens (primary N) is 1. The van der Waals surface area contributed by atoms with E-state index < -0.39 is 0 Å². The van der Waals surface area contributed by atoms with Crippen LogP contribution in [-0.2, 0) is 0 Å². The Morgan fingerprint density at radius 2 is 2.05 bits per heavy atom. The minimum atomic E-state index is 0.627. The van der Waals surface area contributed by atoms with Gasteiger partial charge in [0.1, 0.15) is 5.52 Å². The van der Waals surface area contributed by atoms with Crippen molar-refractivity contribution in [3.8, 4) is 0 Å². The molecule has 0 saturated carbocycles. The topological polar surface area (TPSA) is 79.9 Å². The third kappa shape index (κ3) is 2.09. The van der Waals surface area contributed by atoms with Gasteiger partial charge in [0.25, 0.3) is 0 Å². The number of nitrogens with one attached hydrogen (secondary N) is 2. The Morgan fingerprint density at radius 3 is 2.85 bits per heavy atom. The molecule has 1 aliphatic heterocycles. The van der Waals surface area contributed by atoms with Crippen LogP contribution >= 0.6 is 0 Å². The molecule has 2 aromatic heterocycles. The number of oxazole rings is 1. The molecule has 0 spiro atoms. The number of piperidine rings is 1. The molecule has 4 N–H and O–H groups in total. The normalized spacial score (nSPS) is 16.3. The number of hydrogen-bond acceptors (Lipinski definition) is 4. The summed E-state index contributed by atoms with van der Waals surface area (Å²) in [6.07, 6.45) is 6.07. The fraction of sp³-hybridized carbons (Fsp3) is 0.400. The lowest BCUT2D eigenvalue weighted by Crippen LogP contribution is -2.26. The molecule has 0 bridgehead atoms. The second-order valence-corrected chi connectivity index (χ2v) is 4.96. The van der Waals surface area contributed by atoms with Crippen LogP contribution in [0.2, 0.25) is 0 Å². The van der Waals surface area contributed by atoms with Gasteiger partial charge in [0.05, 0.1) is 0 Å². The molecule has 4 rings (SSSR count). The third-order valence-electron chi connectivity index (χ3n) is 3.95. The van der Waals surface area contributed by atoms with E-state index in [0.29, 0.717) is 5.92 Å². The van der Waals surface area contributed by atoms with Crippen molar-refractivity contribution in [3.05, 3.63) is 30.3 Å². The van der Waals surface area contributed by atoms with Gasteiger partial charge in [-0.05, 0) is 56.6 Å². The maximum Gasteiger partial charge on any atom is 0.182 e. The molecule has 0 amide bonds. The first-order chi connectivity index (χ1) is 9.93. The van der Waals surface area contributed by atoms with Crippen molar-refractivity contribution in [2.24, 2.45) is 5.73 Å². The Labute approximate surface area is 117 Å². The largest absolute Gasteiger partial charge is 0.443 e. The molecule has 0 aliphatic carbocycles. The van der Waals surface area contributed by atoms with Gasteiger partial charge < -0.3 is 20.5 Å². The molecule has 3 aromatic rings. The number of H-pyrrole nitrogens is 1. The van der Waals surface area contributed by atoms with Crippen LogP contribution < -0.4 is 11.1 Å². The number of fused-ring (bicyclic) bond motifs is 3. The van der Waals surface area contributed by atoms with Crippen LogP contribution in [0.4, 0.5) is 0 Å².